The van der Waals surface area contributed by atoms with Crippen molar-refractivity contribution in [2.75, 3.05) is 11.9 Å². The van der Waals surface area contributed by atoms with E-state index in [0.29, 0.717) is 29.6 Å². The summed E-state index contributed by atoms with van der Waals surface area (Å²) >= 11 is 8.23. The van der Waals surface area contributed by atoms with E-state index in [1.165, 1.54) is 0 Å². The smallest absolute Gasteiger partial charge is 0.224 e. The lowest BCUT2D eigenvalue weighted by atomic mass is 10.0. The third-order valence-corrected chi connectivity index (χ3v) is 3.71. The molecule has 0 fully saturated rings. The standard InChI is InChI=1S/C13H18ClIN2O/c1-9(6-7-16)2-5-13(18)17-12-4-3-10(15)8-11(12)14/h3-4,8-9H,2,5-7,16H2,1H3,(H,17,18). The summed E-state index contributed by atoms with van der Waals surface area (Å²) in [6, 6.07) is 5.57. The molecule has 1 unspecified atom stereocenters. The number of halogens is 2. The van der Waals surface area contributed by atoms with Gasteiger partial charge in [-0.15, -0.1) is 0 Å². The Hall–Kier alpha value is -0.330. The topological polar surface area (TPSA) is 55.1 Å². The van der Waals surface area contributed by atoms with Crippen LogP contribution in [0.15, 0.2) is 18.2 Å². The van der Waals surface area contributed by atoms with Crippen LogP contribution in [0.1, 0.15) is 26.2 Å². The number of anilines is 1. The van der Waals surface area contributed by atoms with Crippen LogP contribution in [-0.2, 0) is 4.79 Å². The van der Waals surface area contributed by atoms with Gasteiger partial charge in [0, 0.05) is 9.99 Å². The number of hydrogen-bond acceptors (Lipinski definition) is 2. The van der Waals surface area contributed by atoms with Crippen LogP contribution in [0.4, 0.5) is 5.69 Å². The summed E-state index contributed by atoms with van der Waals surface area (Å²) in [5.41, 5.74) is 6.15. The van der Waals surface area contributed by atoms with Crippen molar-refractivity contribution in [3.63, 3.8) is 0 Å². The fourth-order valence-corrected chi connectivity index (χ4v) is 2.51. The minimum absolute atomic E-state index is 0.00183. The van der Waals surface area contributed by atoms with Crippen LogP contribution >= 0.6 is 34.2 Å². The van der Waals surface area contributed by atoms with E-state index in [2.05, 4.69) is 34.8 Å². The first-order valence-electron chi connectivity index (χ1n) is 5.98. The van der Waals surface area contributed by atoms with Gasteiger partial charge in [-0.2, -0.15) is 0 Å². The molecule has 0 aromatic heterocycles. The maximum absolute atomic E-state index is 11.8. The molecule has 0 bridgehead atoms. The van der Waals surface area contributed by atoms with E-state index >= 15 is 0 Å². The molecule has 1 rings (SSSR count). The molecular formula is C13H18ClIN2O. The first kappa shape index (κ1) is 15.7. The van der Waals surface area contributed by atoms with Gasteiger partial charge in [-0.1, -0.05) is 18.5 Å². The molecule has 0 saturated heterocycles. The molecule has 100 valence electrons. The zero-order valence-electron chi connectivity index (χ0n) is 10.4. The van der Waals surface area contributed by atoms with Gasteiger partial charge in [0.15, 0.2) is 0 Å². The fraction of sp³-hybridized carbons (Fsp3) is 0.462. The SMILES string of the molecule is CC(CCN)CCC(=O)Nc1ccc(I)cc1Cl. The van der Waals surface area contributed by atoms with Crippen LogP contribution in [0, 0.1) is 9.49 Å². The minimum atomic E-state index is 0.00183. The minimum Gasteiger partial charge on any atom is -0.330 e. The molecule has 5 heteroatoms. The molecule has 3 N–H and O–H groups in total. The van der Waals surface area contributed by atoms with Crippen LogP contribution < -0.4 is 11.1 Å². The van der Waals surface area contributed by atoms with E-state index < -0.39 is 0 Å². The molecule has 1 aromatic rings. The Balaban J connectivity index is 2.44. The molecule has 1 amide bonds. The summed E-state index contributed by atoms with van der Waals surface area (Å²) in [5, 5.41) is 3.40. The van der Waals surface area contributed by atoms with Crippen LogP contribution in [0.25, 0.3) is 0 Å². The Morgan fingerprint density at radius 2 is 2.22 bits per heavy atom. The maximum Gasteiger partial charge on any atom is 0.224 e. The lowest BCUT2D eigenvalue weighted by Crippen LogP contribution is -2.14. The first-order chi connectivity index (χ1) is 8.52. The fourth-order valence-electron chi connectivity index (χ4n) is 1.61. The van der Waals surface area contributed by atoms with E-state index in [4.69, 9.17) is 17.3 Å². The second-order valence-electron chi connectivity index (χ2n) is 4.39. The van der Waals surface area contributed by atoms with Crippen molar-refractivity contribution in [1.82, 2.24) is 0 Å². The zero-order valence-corrected chi connectivity index (χ0v) is 13.3. The number of rotatable bonds is 6. The monoisotopic (exact) mass is 380 g/mol. The molecule has 0 spiro atoms. The van der Waals surface area contributed by atoms with Crippen LogP contribution in [0.5, 0.6) is 0 Å². The number of amides is 1. The summed E-state index contributed by atoms with van der Waals surface area (Å²) in [6.07, 6.45) is 2.31. The van der Waals surface area contributed by atoms with E-state index in [9.17, 15) is 4.79 Å². The average Bonchev–Trinajstić information content (AvgIpc) is 2.31. The van der Waals surface area contributed by atoms with E-state index in [1.54, 1.807) is 0 Å². The van der Waals surface area contributed by atoms with E-state index in [-0.39, 0.29) is 5.91 Å². The number of hydrogen-bond donors (Lipinski definition) is 2. The molecule has 3 nitrogen and oxygen atoms in total. The number of nitrogens with two attached hydrogens (primary N) is 1. The summed E-state index contributed by atoms with van der Waals surface area (Å²) in [7, 11) is 0. The van der Waals surface area contributed by atoms with Crippen molar-refractivity contribution in [3.05, 3.63) is 26.8 Å². The summed E-state index contributed by atoms with van der Waals surface area (Å²) in [5.74, 6) is 0.481. The molecule has 0 radical (unpaired) electrons. The highest BCUT2D eigenvalue weighted by Gasteiger charge is 2.08. The summed E-state index contributed by atoms with van der Waals surface area (Å²) < 4.78 is 1.05. The molecule has 1 atom stereocenters. The van der Waals surface area contributed by atoms with Crippen molar-refractivity contribution in [2.24, 2.45) is 11.7 Å². The Kier molecular flexibility index (Phi) is 6.96. The van der Waals surface area contributed by atoms with Gasteiger partial charge in [-0.25, -0.2) is 0 Å². The average molecular weight is 381 g/mol. The Morgan fingerprint density at radius 1 is 1.50 bits per heavy atom. The molecule has 18 heavy (non-hydrogen) atoms. The third-order valence-electron chi connectivity index (χ3n) is 2.73. The highest BCUT2D eigenvalue weighted by atomic mass is 127. The van der Waals surface area contributed by atoms with Crippen LogP contribution in [0.3, 0.4) is 0 Å². The molecule has 0 heterocycles. The third kappa shape index (κ3) is 5.54. The van der Waals surface area contributed by atoms with Crippen molar-refractivity contribution in [3.8, 4) is 0 Å². The van der Waals surface area contributed by atoms with E-state index in [1.807, 2.05) is 18.2 Å². The second kappa shape index (κ2) is 7.96. The van der Waals surface area contributed by atoms with Gasteiger partial charge < -0.3 is 11.1 Å². The number of benzene rings is 1. The van der Waals surface area contributed by atoms with Gasteiger partial charge in [0.1, 0.15) is 0 Å². The van der Waals surface area contributed by atoms with Gasteiger partial charge in [0.2, 0.25) is 5.91 Å². The van der Waals surface area contributed by atoms with Gasteiger partial charge in [0.05, 0.1) is 10.7 Å². The summed E-state index contributed by atoms with van der Waals surface area (Å²) in [6.45, 7) is 2.78. The van der Waals surface area contributed by atoms with Gasteiger partial charge in [0.25, 0.3) is 0 Å². The molecule has 0 aliphatic rings. The lowest BCUT2D eigenvalue weighted by molar-refractivity contribution is -0.116. The molecule has 0 saturated carbocycles. The molecule has 1 aromatic carbocycles. The van der Waals surface area contributed by atoms with Gasteiger partial charge in [-0.05, 0) is 66.1 Å². The molecule has 0 aliphatic carbocycles. The zero-order chi connectivity index (χ0) is 13.5. The highest BCUT2D eigenvalue weighted by Crippen LogP contribution is 2.24. The highest BCUT2D eigenvalue weighted by molar-refractivity contribution is 14.1. The normalized spacial score (nSPS) is 12.2. The Bertz CT molecular complexity index is 412. The van der Waals surface area contributed by atoms with Crippen LogP contribution in [-0.4, -0.2) is 12.5 Å². The molecule has 0 aliphatic heterocycles. The first-order valence-corrected chi connectivity index (χ1v) is 7.43. The lowest BCUT2D eigenvalue weighted by Gasteiger charge is -2.10. The number of carbonyl (C=O) groups is 1. The predicted molar refractivity (Wildman–Crippen MR) is 84.9 cm³/mol. The van der Waals surface area contributed by atoms with Crippen molar-refractivity contribution in [1.29, 1.82) is 0 Å². The number of nitrogens with one attached hydrogen (secondary N) is 1. The molecular weight excluding hydrogens is 363 g/mol. The Morgan fingerprint density at radius 3 is 2.83 bits per heavy atom. The van der Waals surface area contributed by atoms with E-state index in [0.717, 1.165) is 16.4 Å². The second-order valence-corrected chi connectivity index (χ2v) is 6.05. The predicted octanol–water partition coefficient (Wildman–Crippen LogP) is 3.65. The van der Waals surface area contributed by atoms with Crippen molar-refractivity contribution >= 4 is 45.8 Å². The Labute approximate surface area is 127 Å². The van der Waals surface area contributed by atoms with Gasteiger partial charge >= 0.3 is 0 Å². The van der Waals surface area contributed by atoms with Crippen molar-refractivity contribution < 1.29 is 4.79 Å². The maximum atomic E-state index is 11.8. The van der Waals surface area contributed by atoms with Gasteiger partial charge in [-0.3, -0.25) is 4.79 Å². The quantitative estimate of drug-likeness (QED) is 0.740. The summed E-state index contributed by atoms with van der Waals surface area (Å²) in [4.78, 5) is 11.8. The number of carbonyl (C=O) groups excluding carboxylic acids is 1. The van der Waals surface area contributed by atoms with Crippen LogP contribution in [0.2, 0.25) is 5.02 Å². The van der Waals surface area contributed by atoms with Crippen molar-refractivity contribution in [2.45, 2.75) is 26.2 Å². The largest absolute Gasteiger partial charge is 0.330 e.